The van der Waals surface area contributed by atoms with Crippen LogP contribution in [0.5, 0.6) is 0 Å². The average Bonchev–Trinajstić information content (AvgIpc) is 2.84. The molecule has 0 aliphatic rings. The van der Waals surface area contributed by atoms with Crippen molar-refractivity contribution in [1.29, 1.82) is 0 Å². The Bertz CT molecular complexity index is 928. The van der Waals surface area contributed by atoms with Crippen LogP contribution < -0.4 is 5.32 Å². The van der Waals surface area contributed by atoms with Crippen molar-refractivity contribution in [2.24, 2.45) is 0 Å². The number of hydrogen-bond donors (Lipinski definition) is 1. The first-order chi connectivity index (χ1) is 10.9. The monoisotopic (exact) mass is 329 g/mol. The van der Waals surface area contributed by atoms with Crippen LogP contribution in [0.3, 0.4) is 0 Å². The zero-order chi connectivity index (χ0) is 16.7. The molecular weight excluding hydrogens is 313 g/mol. The normalized spacial score (nSPS) is 11.0. The lowest BCUT2D eigenvalue weighted by Gasteiger charge is -2.12. The van der Waals surface area contributed by atoms with E-state index in [2.05, 4.69) is 17.0 Å². The van der Waals surface area contributed by atoms with Gasteiger partial charge in [-0.15, -0.1) is 0 Å². The van der Waals surface area contributed by atoms with Crippen LogP contribution in [-0.2, 0) is 0 Å². The smallest absolute Gasteiger partial charge is 0.159 e. The summed E-state index contributed by atoms with van der Waals surface area (Å²) in [6.07, 6.45) is 0. The first-order valence-corrected chi connectivity index (χ1v) is 7.62. The standard InChI is InChI=1S/C18H17ClFN3/c1-10-5-6-16-14(7-10)18(19)22-23(16)17-9-15(20)13(8-11(17)2)12(3)21-4/h5-9,21H,3H2,1-2,4H3. The van der Waals surface area contributed by atoms with E-state index in [-0.39, 0.29) is 5.82 Å². The molecule has 0 spiro atoms. The topological polar surface area (TPSA) is 29.9 Å². The van der Waals surface area contributed by atoms with E-state index in [1.54, 1.807) is 17.8 Å². The molecule has 0 radical (unpaired) electrons. The fourth-order valence-electron chi connectivity index (χ4n) is 2.64. The van der Waals surface area contributed by atoms with Crippen molar-refractivity contribution in [2.45, 2.75) is 13.8 Å². The first kappa shape index (κ1) is 15.6. The molecule has 0 atom stereocenters. The van der Waals surface area contributed by atoms with Gasteiger partial charge in [-0.1, -0.05) is 29.8 Å². The molecule has 118 valence electrons. The molecule has 0 saturated heterocycles. The largest absolute Gasteiger partial charge is 0.388 e. The molecule has 0 unspecified atom stereocenters. The molecule has 1 N–H and O–H groups in total. The van der Waals surface area contributed by atoms with E-state index in [1.807, 2.05) is 32.0 Å². The average molecular weight is 330 g/mol. The SMILES string of the molecule is C=C(NC)c1cc(C)c(-n2nc(Cl)c3cc(C)ccc32)cc1F. The summed E-state index contributed by atoms with van der Waals surface area (Å²) < 4.78 is 16.1. The predicted molar refractivity (Wildman–Crippen MR) is 93.6 cm³/mol. The quantitative estimate of drug-likeness (QED) is 0.759. The Labute approximate surface area is 139 Å². The second kappa shape index (κ2) is 5.70. The number of halogens is 2. The Kier molecular flexibility index (Phi) is 3.86. The van der Waals surface area contributed by atoms with Gasteiger partial charge in [-0.25, -0.2) is 9.07 Å². The van der Waals surface area contributed by atoms with Gasteiger partial charge in [0.25, 0.3) is 0 Å². The third-order valence-electron chi connectivity index (χ3n) is 3.93. The molecule has 1 aromatic heterocycles. The summed E-state index contributed by atoms with van der Waals surface area (Å²) in [4.78, 5) is 0. The number of aromatic nitrogens is 2. The van der Waals surface area contributed by atoms with Crippen molar-refractivity contribution in [3.8, 4) is 5.69 Å². The van der Waals surface area contributed by atoms with Gasteiger partial charge < -0.3 is 5.32 Å². The molecule has 3 nitrogen and oxygen atoms in total. The molecule has 2 aromatic carbocycles. The Morgan fingerprint density at radius 1 is 1.26 bits per heavy atom. The summed E-state index contributed by atoms with van der Waals surface area (Å²) in [5.41, 5.74) is 4.49. The van der Waals surface area contributed by atoms with E-state index in [0.717, 1.165) is 22.0 Å². The maximum Gasteiger partial charge on any atom is 0.159 e. The van der Waals surface area contributed by atoms with Gasteiger partial charge >= 0.3 is 0 Å². The van der Waals surface area contributed by atoms with E-state index in [4.69, 9.17) is 11.6 Å². The molecule has 3 rings (SSSR count). The van der Waals surface area contributed by atoms with Gasteiger partial charge in [-0.3, -0.25) is 0 Å². The summed E-state index contributed by atoms with van der Waals surface area (Å²) in [5, 5.41) is 8.51. The summed E-state index contributed by atoms with van der Waals surface area (Å²) in [7, 11) is 1.72. The Morgan fingerprint density at radius 2 is 2.00 bits per heavy atom. The second-order valence-electron chi connectivity index (χ2n) is 5.57. The number of hydrogen-bond acceptors (Lipinski definition) is 2. The minimum absolute atomic E-state index is 0.350. The number of aryl methyl sites for hydroxylation is 2. The van der Waals surface area contributed by atoms with Crippen LogP contribution in [-0.4, -0.2) is 16.8 Å². The molecule has 0 amide bonds. The second-order valence-corrected chi connectivity index (χ2v) is 5.93. The summed E-state index contributed by atoms with van der Waals surface area (Å²) in [6, 6.07) is 9.14. The minimum atomic E-state index is -0.350. The van der Waals surface area contributed by atoms with Crippen molar-refractivity contribution >= 4 is 28.2 Å². The van der Waals surface area contributed by atoms with Crippen molar-refractivity contribution in [1.82, 2.24) is 15.1 Å². The van der Waals surface area contributed by atoms with E-state index in [9.17, 15) is 4.39 Å². The molecule has 0 saturated carbocycles. The van der Waals surface area contributed by atoms with Crippen molar-refractivity contribution in [3.05, 3.63) is 64.6 Å². The predicted octanol–water partition coefficient (Wildman–Crippen LogP) is 4.62. The van der Waals surface area contributed by atoms with Crippen molar-refractivity contribution in [2.75, 3.05) is 7.05 Å². The van der Waals surface area contributed by atoms with Crippen molar-refractivity contribution in [3.63, 3.8) is 0 Å². The van der Waals surface area contributed by atoms with Gasteiger partial charge in [0.1, 0.15) is 5.82 Å². The molecule has 23 heavy (non-hydrogen) atoms. The Morgan fingerprint density at radius 3 is 2.70 bits per heavy atom. The number of rotatable bonds is 3. The first-order valence-electron chi connectivity index (χ1n) is 7.25. The molecule has 0 fully saturated rings. The lowest BCUT2D eigenvalue weighted by molar-refractivity contribution is 0.620. The van der Waals surface area contributed by atoms with Gasteiger partial charge in [0.05, 0.1) is 11.2 Å². The molecule has 1 heterocycles. The summed E-state index contributed by atoms with van der Waals surface area (Å²) in [6.45, 7) is 7.73. The van der Waals surface area contributed by atoms with Gasteiger partial charge in [0.2, 0.25) is 0 Å². The fraction of sp³-hybridized carbons (Fsp3) is 0.167. The van der Waals surface area contributed by atoms with E-state index in [1.165, 1.54) is 6.07 Å². The molecular formula is C18H17ClFN3. The van der Waals surface area contributed by atoms with Crippen molar-refractivity contribution < 1.29 is 4.39 Å². The maximum absolute atomic E-state index is 14.4. The summed E-state index contributed by atoms with van der Waals surface area (Å²) in [5.74, 6) is -0.350. The van der Waals surface area contributed by atoms with Crippen LogP contribution >= 0.6 is 11.6 Å². The number of benzene rings is 2. The Hall–Kier alpha value is -2.33. The number of nitrogens with one attached hydrogen (secondary N) is 1. The molecule has 5 heteroatoms. The zero-order valence-corrected chi connectivity index (χ0v) is 14.0. The molecule has 0 aliphatic carbocycles. The molecule has 0 aliphatic heterocycles. The lowest BCUT2D eigenvalue weighted by atomic mass is 10.1. The van der Waals surface area contributed by atoms with Crippen LogP contribution in [0.2, 0.25) is 5.15 Å². The lowest BCUT2D eigenvalue weighted by Crippen LogP contribution is -2.07. The van der Waals surface area contributed by atoms with Crippen LogP contribution in [0, 0.1) is 19.7 Å². The Balaban J connectivity index is 2.24. The highest BCUT2D eigenvalue weighted by atomic mass is 35.5. The third-order valence-corrected chi connectivity index (χ3v) is 4.21. The van der Waals surface area contributed by atoms with E-state index >= 15 is 0 Å². The van der Waals surface area contributed by atoms with Crippen LogP contribution in [0.25, 0.3) is 22.3 Å². The highest BCUT2D eigenvalue weighted by Gasteiger charge is 2.15. The molecule has 0 bridgehead atoms. The number of fused-ring (bicyclic) bond motifs is 1. The maximum atomic E-state index is 14.4. The van der Waals surface area contributed by atoms with E-state index in [0.29, 0.717) is 22.1 Å². The highest BCUT2D eigenvalue weighted by molar-refractivity contribution is 6.34. The van der Waals surface area contributed by atoms with Gasteiger partial charge in [0, 0.05) is 29.8 Å². The van der Waals surface area contributed by atoms with Gasteiger partial charge in [-0.05, 0) is 37.6 Å². The number of nitrogens with zero attached hydrogens (tertiary/aromatic N) is 2. The van der Waals surface area contributed by atoms with E-state index < -0.39 is 0 Å². The van der Waals surface area contributed by atoms with Crippen LogP contribution in [0.4, 0.5) is 4.39 Å². The highest BCUT2D eigenvalue weighted by Crippen LogP contribution is 2.29. The zero-order valence-electron chi connectivity index (χ0n) is 13.2. The summed E-state index contributed by atoms with van der Waals surface area (Å²) >= 11 is 6.25. The van der Waals surface area contributed by atoms with Crippen LogP contribution in [0.1, 0.15) is 16.7 Å². The molecule has 3 aromatic rings. The van der Waals surface area contributed by atoms with Crippen LogP contribution in [0.15, 0.2) is 36.9 Å². The minimum Gasteiger partial charge on any atom is -0.388 e. The van der Waals surface area contributed by atoms with Gasteiger partial charge in [-0.2, -0.15) is 5.10 Å². The third kappa shape index (κ3) is 2.59. The van der Waals surface area contributed by atoms with Gasteiger partial charge in [0.15, 0.2) is 5.15 Å². The fourth-order valence-corrected chi connectivity index (χ4v) is 2.87.